The summed E-state index contributed by atoms with van der Waals surface area (Å²) < 4.78 is 4.37. The van der Waals surface area contributed by atoms with Crippen molar-refractivity contribution in [3.8, 4) is 0 Å². The lowest BCUT2D eigenvalue weighted by Gasteiger charge is -2.20. The fourth-order valence-corrected chi connectivity index (χ4v) is 2.68. The zero-order chi connectivity index (χ0) is 15.8. The largest absolute Gasteiger partial charge is 0.469 e. The first-order chi connectivity index (χ1) is 9.79. The number of carbonyl (C=O) groups is 3. The third-order valence-corrected chi connectivity index (χ3v) is 3.78. The van der Waals surface area contributed by atoms with Gasteiger partial charge in [-0.15, -0.1) is 0 Å². The van der Waals surface area contributed by atoms with Crippen molar-refractivity contribution in [2.45, 2.75) is 18.4 Å². The number of Topliss-reactive ketones (excluding diaryl/α,β-unsaturated/α-hetero) is 1. The Morgan fingerprint density at radius 3 is 2.57 bits per heavy atom. The van der Waals surface area contributed by atoms with E-state index in [1.54, 1.807) is 0 Å². The lowest BCUT2D eigenvalue weighted by molar-refractivity contribution is -0.147. The van der Waals surface area contributed by atoms with Crippen LogP contribution in [0.4, 0.5) is 5.69 Å². The molecule has 0 bridgehead atoms. The molecule has 0 spiro atoms. The second-order valence-electron chi connectivity index (χ2n) is 4.56. The van der Waals surface area contributed by atoms with Crippen LogP contribution < -0.4 is 5.32 Å². The molecule has 0 radical (unpaired) electrons. The molecular formula is C13H11Cl2NO5. The maximum absolute atomic E-state index is 12.0. The standard InChI is InChI=1S/C13H11Cl2NO5/c1-21-9(18)4-6(17)5-13(20)10-7(14)2-3-8(15)11(10)16-12(13)19/h2-3,20H,4-5H2,1H3,(H,16,19). The number of carbonyl (C=O) groups excluding carboxylic acids is 3. The fourth-order valence-electron chi connectivity index (χ4n) is 2.16. The molecule has 1 atom stereocenters. The number of rotatable bonds is 4. The van der Waals surface area contributed by atoms with Gasteiger partial charge in [0.1, 0.15) is 12.2 Å². The van der Waals surface area contributed by atoms with Crippen molar-refractivity contribution >= 4 is 46.5 Å². The normalized spacial score (nSPS) is 19.9. The number of amides is 1. The van der Waals surface area contributed by atoms with Crippen molar-refractivity contribution in [1.82, 2.24) is 0 Å². The number of nitrogens with one attached hydrogen (secondary N) is 1. The van der Waals surface area contributed by atoms with Gasteiger partial charge < -0.3 is 15.2 Å². The molecule has 2 N–H and O–H groups in total. The minimum atomic E-state index is -2.15. The van der Waals surface area contributed by atoms with E-state index in [9.17, 15) is 19.5 Å². The molecule has 6 nitrogen and oxygen atoms in total. The number of anilines is 1. The van der Waals surface area contributed by atoms with Crippen molar-refractivity contribution in [1.29, 1.82) is 0 Å². The van der Waals surface area contributed by atoms with E-state index in [1.807, 2.05) is 0 Å². The zero-order valence-electron chi connectivity index (χ0n) is 10.9. The van der Waals surface area contributed by atoms with Gasteiger partial charge in [-0.25, -0.2) is 0 Å². The predicted octanol–water partition coefficient (Wildman–Crippen LogP) is 1.66. The molecule has 1 aromatic rings. The number of benzene rings is 1. The molecule has 1 aromatic carbocycles. The van der Waals surface area contributed by atoms with Crippen LogP contribution in [0.3, 0.4) is 0 Å². The Bertz CT molecular complexity index is 646. The van der Waals surface area contributed by atoms with E-state index < -0.39 is 36.1 Å². The van der Waals surface area contributed by atoms with Gasteiger partial charge in [-0.1, -0.05) is 23.2 Å². The topological polar surface area (TPSA) is 92.7 Å². The van der Waals surface area contributed by atoms with Crippen LogP contribution >= 0.6 is 23.2 Å². The molecule has 21 heavy (non-hydrogen) atoms. The lowest BCUT2D eigenvalue weighted by atomic mass is 9.89. The van der Waals surface area contributed by atoms with Gasteiger partial charge >= 0.3 is 5.97 Å². The average Bonchev–Trinajstić information content (AvgIpc) is 2.67. The van der Waals surface area contributed by atoms with E-state index in [2.05, 4.69) is 10.1 Å². The van der Waals surface area contributed by atoms with Gasteiger partial charge in [-0.2, -0.15) is 0 Å². The van der Waals surface area contributed by atoms with Gasteiger partial charge in [0.25, 0.3) is 5.91 Å². The summed E-state index contributed by atoms with van der Waals surface area (Å²) in [5, 5.41) is 13.2. The Hall–Kier alpha value is -1.63. The number of hydrogen-bond acceptors (Lipinski definition) is 5. The number of ketones is 1. The summed E-state index contributed by atoms with van der Waals surface area (Å²) in [5.41, 5.74) is -1.94. The number of halogens is 2. The van der Waals surface area contributed by atoms with Gasteiger partial charge in [0, 0.05) is 17.0 Å². The smallest absolute Gasteiger partial charge is 0.313 e. The van der Waals surface area contributed by atoms with Crippen LogP contribution in [0.25, 0.3) is 0 Å². The minimum Gasteiger partial charge on any atom is -0.469 e. The quantitative estimate of drug-likeness (QED) is 0.646. The Morgan fingerprint density at radius 1 is 1.33 bits per heavy atom. The fraction of sp³-hybridized carbons (Fsp3) is 0.308. The van der Waals surface area contributed by atoms with Crippen molar-refractivity contribution in [3.05, 3.63) is 27.7 Å². The molecule has 0 aromatic heterocycles. The molecule has 112 valence electrons. The minimum absolute atomic E-state index is 0.0416. The van der Waals surface area contributed by atoms with Crippen molar-refractivity contribution in [2.24, 2.45) is 0 Å². The summed E-state index contributed by atoms with van der Waals surface area (Å²) in [4.78, 5) is 34.9. The predicted molar refractivity (Wildman–Crippen MR) is 75.2 cm³/mol. The second-order valence-corrected chi connectivity index (χ2v) is 5.38. The SMILES string of the molecule is COC(=O)CC(=O)CC1(O)C(=O)Nc2c(Cl)ccc(Cl)c21. The monoisotopic (exact) mass is 331 g/mol. The Morgan fingerprint density at radius 2 is 1.95 bits per heavy atom. The van der Waals surface area contributed by atoms with Crippen LogP contribution in [0.15, 0.2) is 12.1 Å². The van der Waals surface area contributed by atoms with Crippen LogP contribution in [-0.4, -0.2) is 29.9 Å². The van der Waals surface area contributed by atoms with E-state index >= 15 is 0 Å². The lowest BCUT2D eigenvalue weighted by Crippen LogP contribution is -2.37. The average molecular weight is 332 g/mol. The third-order valence-electron chi connectivity index (χ3n) is 3.15. The van der Waals surface area contributed by atoms with Crippen LogP contribution in [0.5, 0.6) is 0 Å². The summed E-state index contributed by atoms with van der Waals surface area (Å²) in [6, 6.07) is 2.88. The summed E-state index contributed by atoms with van der Waals surface area (Å²) in [5.74, 6) is -2.21. The molecule has 0 aliphatic carbocycles. The molecule has 1 aliphatic heterocycles. The van der Waals surface area contributed by atoms with Gasteiger partial charge in [0.05, 0.1) is 17.8 Å². The molecule has 1 heterocycles. The summed E-state index contributed by atoms with van der Waals surface area (Å²) >= 11 is 11.9. The molecule has 1 aliphatic rings. The molecular weight excluding hydrogens is 321 g/mol. The van der Waals surface area contributed by atoms with Gasteiger partial charge in [0.15, 0.2) is 5.60 Å². The van der Waals surface area contributed by atoms with Crippen LogP contribution in [0, 0.1) is 0 Å². The number of esters is 1. The van der Waals surface area contributed by atoms with Crippen LogP contribution in [-0.2, 0) is 24.7 Å². The first kappa shape index (κ1) is 15.8. The number of methoxy groups -OCH3 is 1. The Kier molecular flexibility index (Phi) is 4.22. The number of hydrogen-bond donors (Lipinski definition) is 2. The Labute approximate surface area is 130 Å². The molecule has 2 rings (SSSR count). The molecule has 0 fully saturated rings. The Balaban J connectivity index is 2.36. The van der Waals surface area contributed by atoms with Crippen molar-refractivity contribution in [3.63, 3.8) is 0 Å². The summed E-state index contributed by atoms with van der Waals surface area (Å²) in [7, 11) is 1.14. The van der Waals surface area contributed by atoms with E-state index in [0.717, 1.165) is 7.11 Å². The van der Waals surface area contributed by atoms with E-state index in [-0.39, 0.29) is 21.3 Å². The molecule has 1 amide bonds. The molecule has 1 unspecified atom stereocenters. The first-order valence-electron chi connectivity index (χ1n) is 5.90. The third kappa shape index (κ3) is 2.74. The van der Waals surface area contributed by atoms with E-state index in [0.29, 0.717) is 0 Å². The van der Waals surface area contributed by atoms with E-state index in [4.69, 9.17) is 23.2 Å². The number of aliphatic hydroxyl groups is 1. The zero-order valence-corrected chi connectivity index (χ0v) is 12.4. The van der Waals surface area contributed by atoms with Crippen molar-refractivity contribution in [2.75, 3.05) is 12.4 Å². The molecule has 0 saturated carbocycles. The molecule has 8 heteroatoms. The number of ether oxygens (including phenoxy) is 1. The van der Waals surface area contributed by atoms with Crippen molar-refractivity contribution < 1.29 is 24.2 Å². The highest BCUT2D eigenvalue weighted by Crippen LogP contribution is 2.46. The maximum atomic E-state index is 12.0. The molecule has 0 saturated heterocycles. The maximum Gasteiger partial charge on any atom is 0.313 e. The van der Waals surface area contributed by atoms with E-state index in [1.165, 1.54) is 12.1 Å². The van der Waals surface area contributed by atoms with Crippen LogP contribution in [0.1, 0.15) is 18.4 Å². The highest BCUT2D eigenvalue weighted by atomic mass is 35.5. The van der Waals surface area contributed by atoms with Crippen LogP contribution in [0.2, 0.25) is 10.0 Å². The highest BCUT2D eigenvalue weighted by molar-refractivity contribution is 6.38. The van der Waals surface area contributed by atoms with Gasteiger partial charge in [-0.3, -0.25) is 14.4 Å². The van der Waals surface area contributed by atoms with Gasteiger partial charge in [-0.05, 0) is 12.1 Å². The second kappa shape index (κ2) is 5.63. The number of fused-ring (bicyclic) bond motifs is 1. The highest BCUT2D eigenvalue weighted by Gasteiger charge is 2.49. The summed E-state index contributed by atoms with van der Waals surface area (Å²) in [6.07, 6.45) is -1.14. The van der Waals surface area contributed by atoms with Gasteiger partial charge in [0.2, 0.25) is 0 Å². The summed E-state index contributed by atoms with van der Waals surface area (Å²) in [6.45, 7) is 0. The first-order valence-corrected chi connectivity index (χ1v) is 6.66.